The summed E-state index contributed by atoms with van der Waals surface area (Å²) in [6.07, 6.45) is 1.18. The summed E-state index contributed by atoms with van der Waals surface area (Å²) in [6.45, 7) is 7.16. The summed E-state index contributed by atoms with van der Waals surface area (Å²) in [6, 6.07) is -0.396. The van der Waals surface area contributed by atoms with Crippen molar-refractivity contribution in [2.45, 2.75) is 58.1 Å². The zero-order chi connectivity index (χ0) is 14.4. The van der Waals surface area contributed by atoms with Gasteiger partial charge in [-0.05, 0) is 26.7 Å². The minimum atomic E-state index is -1.45. The Morgan fingerprint density at radius 1 is 1.17 bits per heavy atom. The number of amides is 2. The first-order chi connectivity index (χ1) is 8.14. The number of rotatable bonds is 7. The average Bonchev–Trinajstić information content (AvgIpc) is 2.25. The molecule has 0 aliphatic heterocycles. The predicted octanol–water partition coefficient (Wildman–Crippen LogP) is 1.09. The fraction of sp³-hybridized carbons (Fsp3) is 0.833. The van der Waals surface area contributed by atoms with Gasteiger partial charge in [-0.25, -0.2) is 4.79 Å². The second-order valence-electron chi connectivity index (χ2n) is 5.14. The summed E-state index contributed by atoms with van der Waals surface area (Å²) >= 11 is 0. The Morgan fingerprint density at radius 2 is 1.67 bits per heavy atom. The first-order valence-corrected chi connectivity index (χ1v) is 6.14. The first-order valence-electron chi connectivity index (χ1n) is 6.14. The van der Waals surface area contributed by atoms with Crippen LogP contribution in [-0.4, -0.2) is 39.9 Å². The van der Waals surface area contributed by atoms with Gasteiger partial charge < -0.3 is 20.8 Å². The molecule has 1 unspecified atom stereocenters. The van der Waals surface area contributed by atoms with Crippen molar-refractivity contribution in [3.8, 4) is 0 Å². The van der Waals surface area contributed by atoms with E-state index in [0.29, 0.717) is 0 Å². The van der Waals surface area contributed by atoms with Gasteiger partial charge in [0.1, 0.15) is 0 Å². The number of carboxylic acid groups (broad SMARTS) is 1. The summed E-state index contributed by atoms with van der Waals surface area (Å²) in [4.78, 5) is 22.1. The fourth-order valence-corrected chi connectivity index (χ4v) is 1.40. The van der Waals surface area contributed by atoms with Crippen molar-refractivity contribution in [2.75, 3.05) is 6.54 Å². The minimum Gasteiger partial charge on any atom is -0.481 e. The Balaban J connectivity index is 4.22. The summed E-state index contributed by atoms with van der Waals surface area (Å²) in [5.74, 6) is -1.10. The van der Waals surface area contributed by atoms with Crippen molar-refractivity contribution in [1.29, 1.82) is 0 Å². The number of aliphatic carboxylic acids is 1. The fourth-order valence-electron chi connectivity index (χ4n) is 1.40. The maximum absolute atomic E-state index is 11.6. The predicted molar refractivity (Wildman–Crippen MR) is 68.4 cm³/mol. The van der Waals surface area contributed by atoms with Crippen LogP contribution >= 0.6 is 0 Å². The molecular weight excluding hydrogens is 236 g/mol. The zero-order valence-electron chi connectivity index (χ0n) is 11.5. The summed E-state index contributed by atoms with van der Waals surface area (Å²) in [5, 5.41) is 23.6. The normalized spacial score (nSPS) is 14.7. The van der Waals surface area contributed by atoms with Crippen molar-refractivity contribution < 1.29 is 19.8 Å². The van der Waals surface area contributed by atoms with Crippen LogP contribution in [0.4, 0.5) is 4.79 Å². The summed E-state index contributed by atoms with van der Waals surface area (Å²) in [5.41, 5.74) is -1.74. The van der Waals surface area contributed by atoms with Crippen LogP contribution in [0.5, 0.6) is 0 Å². The van der Waals surface area contributed by atoms with E-state index < -0.39 is 24.0 Å². The summed E-state index contributed by atoms with van der Waals surface area (Å²) in [7, 11) is 0. The van der Waals surface area contributed by atoms with Crippen molar-refractivity contribution in [3.63, 3.8) is 0 Å². The van der Waals surface area contributed by atoms with E-state index in [1.807, 2.05) is 20.8 Å². The highest BCUT2D eigenvalue weighted by Crippen LogP contribution is 2.13. The monoisotopic (exact) mass is 260 g/mol. The smallest absolute Gasteiger partial charge is 0.315 e. The Hall–Kier alpha value is -1.30. The first kappa shape index (κ1) is 16.7. The third-order valence-electron chi connectivity index (χ3n) is 3.14. The molecule has 0 rings (SSSR count). The van der Waals surface area contributed by atoms with Gasteiger partial charge in [0.25, 0.3) is 0 Å². The van der Waals surface area contributed by atoms with E-state index in [2.05, 4.69) is 10.6 Å². The number of carbonyl (C=O) groups excluding carboxylic acids is 1. The average molecular weight is 260 g/mol. The van der Waals surface area contributed by atoms with Gasteiger partial charge in [0, 0.05) is 12.1 Å². The lowest BCUT2D eigenvalue weighted by Gasteiger charge is -2.29. The quantitative estimate of drug-likeness (QED) is 0.550. The van der Waals surface area contributed by atoms with Crippen LogP contribution in [0.2, 0.25) is 0 Å². The van der Waals surface area contributed by atoms with Crippen molar-refractivity contribution in [2.24, 2.45) is 0 Å². The van der Waals surface area contributed by atoms with Crippen molar-refractivity contribution in [3.05, 3.63) is 0 Å². The number of hydrogen-bond donors (Lipinski definition) is 4. The third kappa shape index (κ3) is 6.44. The van der Waals surface area contributed by atoms with E-state index in [-0.39, 0.29) is 12.1 Å². The number of nitrogens with one attached hydrogen (secondary N) is 2. The van der Waals surface area contributed by atoms with Crippen LogP contribution in [0.3, 0.4) is 0 Å². The van der Waals surface area contributed by atoms with E-state index in [4.69, 9.17) is 5.11 Å². The molecule has 0 aromatic heterocycles. The molecule has 0 heterocycles. The van der Waals surface area contributed by atoms with Gasteiger partial charge in [0.05, 0.1) is 12.0 Å². The van der Waals surface area contributed by atoms with Crippen LogP contribution in [0, 0.1) is 0 Å². The van der Waals surface area contributed by atoms with E-state index >= 15 is 0 Å². The van der Waals surface area contributed by atoms with Gasteiger partial charge in [0.15, 0.2) is 0 Å². The molecule has 0 fully saturated rings. The Labute approximate surface area is 108 Å². The number of urea groups is 1. The second kappa shape index (κ2) is 6.58. The van der Waals surface area contributed by atoms with E-state index in [0.717, 1.165) is 12.8 Å². The summed E-state index contributed by atoms with van der Waals surface area (Å²) < 4.78 is 0. The molecule has 0 aromatic carbocycles. The third-order valence-corrected chi connectivity index (χ3v) is 3.14. The SMILES string of the molecule is CCC(C)(CC)NC(=O)NCC(C)(O)CC(=O)O. The van der Waals surface area contributed by atoms with Gasteiger partial charge in [-0.2, -0.15) is 0 Å². The molecule has 6 nitrogen and oxygen atoms in total. The van der Waals surface area contributed by atoms with E-state index in [1.165, 1.54) is 6.92 Å². The molecule has 0 radical (unpaired) electrons. The van der Waals surface area contributed by atoms with Crippen LogP contribution in [0.15, 0.2) is 0 Å². The van der Waals surface area contributed by atoms with Gasteiger partial charge in [-0.3, -0.25) is 4.79 Å². The second-order valence-corrected chi connectivity index (χ2v) is 5.14. The highest BCUT2D eigenvalue weighted by Gasteiger charge is 2.26. The molecule has 1 atom stereocenters. The topological polar surface area (TPSA) is 98.7 Å². The number of hydrogen-bond acceptors (Lipinski definition) is 3. The molecule has 6 heteroatoms. The maximum Gasteiger partial charge on any atom is 0.315 e. The van der Waals surface area contributed by atoms with Gasteiger partial charge in [0.2, 0.25) is 0 Å². The zero-order valence-corrected chi connectivity index (χ0v) is 11.5. The van der Waals surface area contributed by atoms with Crippen LogP contribution in [0.1, 0.15) is 47.0 Å². The lowest BCUT2D eigenvalue weighted by molar-refractivity contribution is -0.141. The molecule has 2 amide bonds. The van der Waals surface area contributed by atoms with Crippen LogP contribution in [-0.2, 0) is 4.79 Å². The van der Waals surface area contributed by atoms with Gasteiger partial charge >= 0.3 is 12.0 Å². The molecule has 4 N–H and O–H groups in total. The Kier molecular flexibility index (Phi) is 6.11. The molecule has 0 aliphatic rings. The molecule has 18 heavy (non-hydrogen) atoms. The molecule has 0 saturated heterocycles. The Bertz CT molecular complexity index is 298. The Morgan fingerprint density at radius 3 is 2.06 bits per heavy atom. The standard InChI is InChI=1S/C12H24N2O4/c1-5-11(3,6-2)14-10(17)13-8-12(4,18)7-9(15)16/h18H,5-8H2,1-4H3,(H,15,16)(H2,13,14,17). The van der Waals surface area contributed by atoms with Gasteiger partial charge in [-0.1, -0.05) is 13.8 Å². The minimum absolute atomic E-state index is 0.103. The molecule has 0 aliphatic carbocycles. The lowest BCUT2D eigenvalue weighted by Crippen LogP contribution is -2.52. The molecule has 0 aromatic rings. The van der Waals surface area contributed by atoms with E-state index in [9.17, 15) is 14.7 Å². The molecule has 0 bridgehead atoms. The highest BCUT2D eigenvalue weighted by atomic mass is 16.4. The van der Waals surface area contributed by atoms with Crippen LogP contribution < -0.4 is 10.6 Å². The van der Waals surface area contributed by atoms with E-state index in [1.54, 1.807) is 0 Å². The van der Waals surface area contributed by atoms with Crippen LogP contribution in [0.25, 0.3) is 0 Å². The molecular formula is C12H24N2O4. The number of carbonyl (C=O) groups is 2. The maximum atomic E-state index is 11.6. The molecule has 106 valence electrons. The molecule has 0 spiro atoms. The molecule has 0 saturated carbocycles. The largest absolute Gasteiger partial charge is 0.481 e. The van der Waals surface area contributed by atoms with Crippen molar-refractivity contribution >= 4 is 12.0 Å². The number of aliphatic hydroxyl groups is 1. The highest BCUT2D eigenvalue weighted by molar-refractivity contribution is 5.75. The number of carboxylic acids is 1. The van der Waals surface area contributed by atoms with Gasteiger partial charge in [-0.15, -0.1) is 0 Å². The lowest BCUT2D eigenvalue weighted by atomic mass is 9.96. The van der Waals surface area contributed by atoms with Crippen molar-refractivity contribution in [1.82, 2.24) is 10.6 Å².